The number of ketones is 1. The van der Waals surface area contributed by atoms with Crippen molar-refractivity contribution in [2.24, 2.45) is 5.92 Å². The molecule has 106 valence electrons. The molecule has 3 heteroatoms. The number of piperidine rings is 1. The maximum atomic E-state index is 12.4. The van der Waals surface area contributed by atoms with Crippen molar-refractivity contribution >= 4 is 16.8 Å². The number of nitrogens with zero attached hydrogens (tertiary/aromatic N) is 1. The molecule has 3 nitrogen and oxygen atoms in total. The van der Waals surface area contributed by atoms with Crippen LogP contribution in [0, 0.1) is 5.92 Å². The highest BCUT2D eigenvalue weighted by Gasteiger charge is 2.27. The Morgan fingerprint density at radius 1 is 1.35 bits per heavy atom. The summed E-state index contributed by atoms with van der Waals surface area (Å²) in [5.41, 5.74) is 0.788. The number of hydrogen-bond acceptors (Lipinski definition) is 3. The molecule has 0 spiro atoms. The highest BCUT2D eigenvalue weighted by molar-refractivity contribution is 5.98. The van der Waals surface area contributed by atoms with E-state index >= 15 is 0 Å². The second-order valence-corrected chi connectivity index (χ2v) is 5.90. The maximum Gasteiger partial charge on any atom is 0.211 e. The van der Waals surface area contributed by atoms with Crippen molar-refractivity contribution < 1.29 is 9.21 Å². The van der Waals surface area contributed by atoms with E-state index < -0.39 is 0 Å². The molecule has 1 saturated heterocycles. The predicted molar refractivity (Wildman–Crippen MR) is 80.0 cm³/mol. The van der Waals surface area contributed by atoms with Crippen LogP contribution >= 0.6 is 0 Å². The Bertz CT molecular complexity index is 583. The summed E-state index contributed by atoms with van der Waals surface area (Å²) in [4.78, 5) is 14.7. The predicted octanol–water partition coefficient (Wildman–Crippen LogP) is 3.74. The van der Waals surface area contributed by atoms with Crippen molar-refractivity contribution in [1.82, 2.24) is 4.90 Å². The number of fused-ring (bicyclic) bond motifs is 1. The molecule has 2 unspecified atom stereocenters. The monoisotopic (exact) mass is 271 g/mol. The largest absolute Gasteiger partial charge is 0.453 e. The van der Waals surface area contributed by atoms with Gasteiger partial charge in [-0.1, -0.05) is 25.1 Å². The summed E-state index contributed by atoms with van der Waals surface area (Å²) in [6, 6.07) is 10.1. The number of furan rings is 1. The minimum Gasteiger partial charge on any atom is -0.453 e. The van der Waals surface area contributed by atoms with Crippen LogP contribution in [-0.4, -0.2) is 29.8 Å². The minimum absolute atomic E-state index is 0.0853. The van der Waals surface area contributed by atoms with Crippen LogP contribution < -0.4 is 0 Å². The number of carbonyl (C=O) groups is 1. The van der Waals surface area contributed by atoms with Crippen LogP contribution in [0.25, 0.3) is 11.0 Å². The van der Waals surface area contributed by atoms with Crippen molar-refractivity contribution in [2.75, 3.05) is 13.1 Å². The van der Waals surface area contributed by atoms with Crippen molar-refractivity contribution in [3.63, 3.8) is 0 Å². The summed E-state index contributed by atoms with van der Waals surface area (Å²) < 4.78 is 5.66. The molecule has 3 rings (SSSR count). The van der Waals surface area contributed by atoms with E-state index in [1.165, 1.54) is 12.8 Å². The van der Waals surface area contributed by atoms with E-state index in [0.29, 0.717) is 24.3 Å². The first-order chi connectivity index (χ1) is 9.65. The molecule has 20 heavy (non-hydrogen) atoms. The van der Waals surface area contributed by atoms with E-state index in [0.717, 1.165) is 17.5 Å². The molecule has 0 N–H and O–H groups in total. The average molecular weight is 271 g/mol. The van der Waals surface area contributed by atoms with Crippen LogP contribution in [0.2, 0.25) is 0 Å². The van der Waals surface area contributed by atoms with E-state index in [1.54, 1.807) is 0 Å². The van der Waals surface area contributed by atoms with Gasteiger partial charge < -0.3 is 4.42 Å². The van der Waals surface area contributed by atoms with Crippen molar-refractivity contribution in [3.8, 4) is 0 Å². The number of Topliss-reactive ketones (excluding diaryl/α,β-unsaturated/α-hetero) is 1. The van der Waals surface area contributed by atoms with E-state index in [1.807, 2.05) is 30.3 Å². The standard InChI is InChI=1S/C17H21NO2/c1-12-6-5-9-18(13(12)2)11-15(19)17-10-14-7-3-4-8-16(14)20-17/h3-4,7-8,10,12-13H,5-6,9,11H2,1-2H3. The zero-order chi connectivity index (χ0) is 14.1. The van der Waals surface area contributed by atoms with Gasteiger partial charge in [-0.3, -0.25) is 9.69 Å². The molecule has 2 heterocycles. The fourth-order valence-corrected chi connectivity index (χ4v) is 3.03. The molecule has 0 amide bonds. The van der Waals surface area contributed by atoms with E-state index in [9.17, 15) is 4.79 Å². The first-order valence-corrected chi connectivity index (χ1v) is 7.41. The third kappa shape index (κ3) is 2.50. The van der Waals surface area contributed by atoms with Crippen LogP contribution in [0.1, 0.15) is 37.2 Å². The number of hydrogen-bond donors (Lipinski definition) is 0. The number of carbonyl (C=O) groups excluding carboxylic acids is 1. The van der Waals surface area contributed by atoms with Gasteiger partial charge in [-0.05, 0) is 44.4 Å². The van der Waals surface area contributed by atoms with Crippen LogP contribution in [-0.2, 0) is 0 Å². The van der Waals surface area contributed by atoms with Gasteiger partial charge in [0, 0.05) is 11.4 Å². The Kier molecular flexibility index (Phi) is 3.62. The number of benzene rings is 1. The minimum atomic E-state index is 0.0853. The fraction of sp³-hybridized carbons (Fsp3) is 0.471. The molecule has 1 aliphatic rings. The smallest absolute Gasteiger partial charge is 0.211 e. The summed E-state index contributed by atoms with van der Waals surface area (Å²) in [6.45, 7) is 5.96. The summed E-state index contributed by atoms with van der Waals surface area (Å²) in [6.07, 6.45) is 2.44. The summed E-state index contributed by atoms with van der Waals surface area (Å²) in [7, 11) is 0. The van der Waals surface area contributed by atoms with Gasteiger partial charge in [0.15, 0.2) is 5.76 Å². The van der Waals surface area contributed by atoms with Gasteiger partial charge in [0.2, 0.25) is 5.78 Å². The molecule has 0 saturated carbocycles. The van der Waals surface area contributed by atoms with Crippen molar-refractivity contribution in [1.29, 1.82) is 0 Å². The summed E-state index contributed by atoms with van der Waals surface area (Å²) in [5.74, 6) is 1.23. The lowest BCUT2D eigenvalue weighted by atomic mass is 9.92. The van der Waals surface area contributed by atoms with E-state index in [2.05, 4.69) is 18.7 Å². The SMILES string of the molecule is CC1CCCN(CC(=O)c2cc3ccccc3o2)C1C. The molecule has 0 bridgehead atoms. The second-order valence-electron chi connectivity index (χ2n) is 5.90. The molecule has 0 aliphatic carbocycles. The van der Waals surface area contributed by atoms with Gasteiger partial charge in [0.05, 0.1) is 6.54 Å². The zero-order valence-electron chi connectivity index (χ0n) is 12.1. The molecule has 2 atom stereocenters. The Hall–Kier alpha value is -1.61. The Balaban J connectivity index is 1.75. The Labute approximate surface area is 119 Å². The fourth-order valence-electron chi connectivity index (χ4n) is 3.03. The highest BCUT2D eigenvalue weighted by atomic mass is 16.3. The van der Waals surface area contributed by atoms with Gasteiger partial charge in [-0.25, -0.2) is 0 Å². The number of likely N-dealkylation sites (tertiary alicyclic amines) is 1. The lowest BCUT2D eigenvalue weighted by molar-refractivity contribution is 0.0757. The lowest BCUT2D eigenvalue weighted by Gasteiger charge is -2.37. The Morgan fingerprint density at radius 2 is 2.15 bits per heavy atom. The quantitative estimate of drug-likeness (QED) is 0.797. The number of para-hydroxylation sites is 1. The lowest BCUT2D eigenvalue weighted by Crippen LogP contribution is -2.44. The van der Waals surface area contributed by atoms with Crippen molar-refractivity contribution in [2.45, 2.75) is 32.7 Å². The van der Waals surface area contributed by atoms with Crippen LogP contribution in [0.15, 0.2) is 34.7 Å². The number of rotatable bonds is 3. The maximum absolute atomic E-state index is 12.4. The summed E-state index contributed by atoms with van der Waals surface area (Å²) >= 11 is 0. The van der Waals surface area contributed by atoms with Gasteiger partial charge in [0.25, 0.3) is 0 Å². The molecule has 1 aromatic carbocycles. The zero-order valence-corrected chi connectivity index (χ0v) is 12.1. The third-order valence-electron chi connectivity index (χ3n) is 4.55. The van der Waals surface area contributed by atoms with Crippen LogP contribution in [0.5, 0.6) is 0 Å². The van der Waals surface area contributed by atoms with Crippen molar-refractivity contribution in [3.05, 3.63) is 36.1 Å². The van der Waals surface area contributed by atoms with Crippen LogP contribution in [0.4, 0.5) is 0 Å². The highest BCUT2D eigenvalue weighted by Crippen LogP contribution is 2.24. The second kappa shape index (κ2) is 5.41. The first kappa shape index (κ1) is 13.4. The van der Waals surface area contributed by atoms with Gasteiger partial charge in [-0.15, -0.1) is 0 Å². The topological polar surface area (TPSA) is 33.5 Å². The molecule has 1 aliphatic heterocycles. The van der Waals surface area contributed by atoms with Gasteiger partial charge >= 0.3 is 0 Å². The van der Waals surface area contributed by atoms with E-state index in [-0.39, 0.29) is 5.78 Å². The Morgan fingerprint density at radius 3 is 2.95 bits per heavy atom. The normalized spacial score (nSPS) is 24.1. The molecule has 2 aromatic rings. The van der Waals surface area contributed by atoms with Gasteiger partial charge in [-0.2, -0.15) is 0 Å². The molecular weight excluding hydrogens is 250 g/mol. The van der Waals surface area contributed by atoms with E-state index in [4.69, 9.17) is 4.42 Å². The average Bonchev–Trinajstić information content (AvgIpc) is 2.88. The summed E-state index contributed by atoms with van der Waals surface area (Å²) in [5, 5.41) is 0.996. The van der Waals surface area contributed by atoms with Gasteiger partial charge in [0.1, 0.15) is 5.58 Å². The molecular formula is C17H21NO2. The third-order valence-corrected chi connectivity index (χ3v) is 4.55. The molecule has 0 radical (unpaired) electrons. The molecule has 1 aromatic heterocycles. The molecule has 1 fully saturated rings. The first-order valence-electron chi connectivity index (χ1n) is 7.41. The van der Waals surface area contributed by atoms with Crippen LogP contribution in [0.3, 0.4) is 0 Å².